The van der Waals surface area contributed by atoms with Gasteiger partial charge in [0.1, 0.15) is 0 Å². The molecule has 4 heteroatoms. The minimum atomic E-state index is -0.809. The summed E-state index contributed by atoms with van der Waals surface area (Å²) in [5, 5.41) is 11.3. The summed E-state index contributed by atoms with van der Waals surface area (Å²) in [6.07, 6.45) is 4.30. The Bertz CT molecular complexity index is 236. The monoisotopic (exact) mass is 213 g/mol. The van der Waals surface area contributed by atoms with Gasteiger partial charge in [0, 0.05) is 19.4 Å². The number of carbonyl (C=O) groups excluding carboxylic acids is 1. The molecule has 1 unspecified atom stereocenters. The third kappa shape index (κ3) is 4.81. The molecule has 1 aliphatic carbocycles. The Morgan fingerprint density at radius 3 is 2.60 bits per heavy atom. The molecule has 2 N–H and O–H groups in total. The average molecular weight is 213 g/mol. The van der Waals surface area contributed by atoms with E-state index < -0.39 is 5.97 Å². The summed E-state index contributed by atoms with van der Waals surface area (Å²) in [6.45, 7) is 2.30. The van der Waals surface area contributed by atoms with Crippen LogP contribution in [0.5, 0.6) is 0 Å². The lowest BCUT2D eigenvalue weighted by atomic mass is 9.83. The summed E-state index contributed by atoms with van der Waals surface area (Å²) in [5.74, 6) is -0.166. The fraction of sp³-hybridized carbons (Fsp3) is 0.818. The first-order chi connectivity index (χ1) is 7.08. The Balaban J connectivity index is 2.07. The van der Waals surface area contributed by atoms with Crippen LogP contribution in [0.1, 0.15) is 39.0 Å². The van der Waals surface area contributed by atoms with Gasteiger partial charge in [-0.15, -0.1) is 0 Å². The molecule has 0 aromatic heterocycles. The van der Waals surface area contributed by atoms with Crippen molar-refractivity contribution < 1.29 is 14.7 Å². The lowest BCUT2D eigenvalue weighted by Gasteiger charge is -2.24. The lowest BCUT2D eigenvalue weighted by Crippen LogP contribution is -2.31. The van der Waals surface area contributed by atoms with Crippen LogP contribution >= 0.6 is 0 Å². The van der Waals surface area contributed by atoms with E-state index in [9.17, 15) is 9.59 Å². The second-order valence-electron chi connectivity index (χ2n) is 4.51. The molecule has 1 atom stereocenters. The second kappa shape index (κ2) is 5.73. The van der Waals surface area contributed by atoms with E-state index in [2.05, 4.69) is 5.32 Å². The molecule has 0 bridgehead atoms. The number of hydrogen-bond donors (Lipinski definition) is 2. The van der Waals surface area contributed by atoms with Gasteiger partial charge in [0.15, 0.2) is 0 Å². The number of nitrogens with one attached hydrogen (secondary N) is 1. The fourth-order valence-corrected chi connectivity index (χ4v) is 1.69. The van der Waals surface area contributed by atoms with Crippen molar-refractivity contribution in [2.45, 2.75) is 39.0 Å². The van der Waals surface area contributed by atoms with Gasteiger partial charge in [-0.2, -0.15) is 0 Å². The number of carbonyl (C=O) groups is 2. The average Bonchev–Trinajstić information content (AvgIpc) is 2.07. The summed E-state index contributed by atoms with van der Waals surface area (Å²) in [4.78, 5) is 21.8. The Hall–Kier alpha value is -1.06. The Kier molecular flexibility index (Phi) is 4.59. The highest BCUT2D eigenvalue weighted by atomic mass is 16.4. The van der Waals surface area contributed by atoms with Crippen molar-refractivity contribution in [2.24, 2.45) is 11.8 Å². The zero-order valence-corrected chi connectivity index (χ0v) is 9.16. The number of hydrogen-bond acceptors (Lipinski definition) is 2. The molecule has 1 amide bonds. The zero-order valence-electron chi connectivity index (χ0n) is 9.16. The van der Waals surface area contributed by atoms with Crippen molar-refractivity contribution in [1.82, 2.24) is 5.32 Å². The van der Waals surface area contributed by atoms with Crippen molar-refractivity contribution in [3.05, 3.63) is 0 Å². The third-order valence-corrected chi connectivity index (χ3v) is 2.87. The van der Waals surface area contributed by atoms with E-state index in [-0.39, 0.29) is 18.2 Å². The molecule has 0 spiro atoms. The Morgan fingerprint density at radius 2 is 2.13 bits per heavy atom. The first kappa shape index (κ1) is 12.0. The van der Waals surface area contributed by atoms with E-state index in [4.69, 9.17) is 5.11 Å². The lowest BCUT2D eigenvalue weighted by molar-refractivity contribution is -0.138. The molecule has 1 aliphatic rings. The van der Waals surface area contributed by atoms with Gasteiger partial charge < -0.3 is 10.4 Å². The second-order valence-corrected chi connectivity index (χ2v) is 4.51. The quantitative estimate of drug-likeness (QED) is 0.701. The normalized spacial score (nSPS) is 17.9. The van der Waals surface area contributed by atoms with Crippen LogP contribution in [0.3, 0.4) is 0 Å². The van der Waals surface area contributed by atoms with Crippen LogP contribution in [0.2, 0.25) is 0 Å². The maximum Gasteiger partial charge on any atom is 0.303 e. The summed E-state index contributed by atoms with van der Waals surface area (Å²) >= 11 is 0. The van der Waals surface area contributed by atoms with E-state index >= 15 is 0 Å². The van der Waals surface area contributed by atoms with E-state index in [1.165, 1.54) is 6.42 Å². The van der Waals surface area contributed by atoms with Gasteiger partial charge in [-0.3, -0.25) is 9.59 Å². The predicted molar refractivity (Wildman–Crippen MR) is 56.4 cm³/mol. The van der Waals surface area contributed by atoms with Gasteiger partial charge in [-0.1, -0.05) is 13.3 Å². The first-order valence-corrected chi connectivity index (χ1v) is 5.56. The van der Waals surface area contributed by atoms with Gasteiger partial charge in [0.25, 0.3) is 0 Å². The summed E-state index contributed by atoms with van der Waals surface area (Å²) < 4.78 is 0. The molecule has 1 fully saturated rings. The van der Waals surface area contributed by atoms with Gasteiger partial charge in [-0.05, 0) is 24.7 Å². The third-order valence-electron chi connectivity index (χ3n) is 2.87. The maximum atomic E-state index is 11.4. The molecule has 1 saturated carbocycles. The number of aliphatic carboxylic acids is 1. The first-order valence-electron chi connectivity index (χ1n) is 5.56. The van der Waals surface area contributed by atoms with Crippen LogP contribution in [0, 0.1) is 11.8 Å². The Labute approximate surface area is 90.0 Å². The molecule has 0 aromatic carbocycles. The van der Waals surface area contributed by atoms with Crippen molar-refractivity contribution in [3.8, 4) is 0 Å². The summed E-state index contributed by atoms with van der Waals surface area (Å²) in [7, 11) is 0. The van der Waals surface area contributed by atoms with Gasteiger partial charge in [-0.25, -0.2) is 0 Å². The van der Waals surface area contributed by atoms with Gasteiger partial charge in [0.05, 0.1) is 0 Å². The minimum absolute atomic E-state index is 0.00726. The molecule has 0 heterocycles. The highest BCUT2D eigenvalue weighted by molar-refractivity contribution is 5.76. The summed E-state index contributed by atoms with van der Waals surface area (Å²) in [6, 6.07) is 0. The molecule has 0 aromatic rings. The van der Waals surface area contributed by atoms with Crippen LogP contribution in [0.4, 0.5) is 0 Å². The molecule has 0 radical (unpaired) electrons. The maximum absolute atomic E-state index is 11.4. The molecular formula is C11H19NO3. The number of rotatable bonds is 6. The summed E-state index contributed by atoms with van der Waals surface area (Å²) in [5.41, 5.74) is 0. The molecule has 0 aliphatic heterocycles. The molecule has 0 saturated heterocycles. The van der Waals surface area contributed by atoms with Crippen LogP contribution in [-0.2, 0) is 9.59 Å². The number of carboxylic acids is 1. The molecule has 4 nitrogen and oxygen atoms in total. The molecule has 86 valence electrons. The van der Waals surface area contributed by atoms with Gasteiger partial charge >= 0.3 is 5.97 Å². The van der Waals surface area contributed by atoms with Crippen molar-refractivity contribution in [2.75, 3.05) is 6.54 Å². The van der Waals surface area contributed by atoms with Crippen LogP contribution < -0.4 is 5.32 Å². The van der Waals surface area contributed by atoms with Gasteiger partial charge in [0.2, 0.25) is 5.91 Å². The van der Waals surface area contributed by atoms with Crippen LogP contribution in [-0.4, -0.2) is 23.5 Å². The molecule has 1 rings (SSSR count). The smallest absolute Gasteiger partial charge is 0.303 e. The van der Waals surface area contributed by atoms with Crippen molar-refractivity contribution in [1.29, 1.82) is 0 Å². The Morgan fingerprint density at radius 1 is 1.47 bits per heavy atom. The van der Waals surface area contributed by atoms with Crippen molar-refractivity contribution >= 4 is 11.9 Å². The molecule has 15 heavy (non-hydrogen) atoms. The highest BCUT2D eigenvalue weighted by Gasteiger charge is 2.20. The standard InChI is InChI=1S/C11H19NO3/c1-8(5-11(14)15)7-12-10(13)6-9-3-2-4-9/h8-9H,2-7H2,1H3,(H,12,13)(H,14,15). The van der Waals surface area contributed by atoms with E-state index in [0.717, 1.165) is 12.8 Å². The minimum Gasteiger partial charge on any atom is -0.481 e. The largest absolute Gasteiger partial charge is 0.481 e. The van der Waals surface area contributed by atoms with Crippen molar-refractivity contribution in [3.63, 3.8) is 0 Å². The number of amides is 1. The topological polar surface area (TPSA) is 66.4 Å². The highest BCUT2D eigenvalue weighted by Crippen LogP contribution is 2.29. The SMILES string of the molecule is CC(CNC(=O)CC1CCC1)CC(=O)O. The van der Waals surface area contributed by atoms with Crippen LogP contribution in [0.15, 0.2) is 0 Å². The predicted octanol–water partition coefficient (Wildman–Crippen LogP) is 1.40. The zero-order chi connectivity index (χ0) is 11.3. The van der Waals surface area contributed by atoms with E-state index in [1.807, 2.05) is 6.92 Å². The molecular weight excluding hydrogens is 194 g/mol. The number of carboxylic acid groups (broad SMARTS) is 1. The fourth-order valence-electron chi connectivity index (χ4n) is 1.69. The van der Waals surface area contributed by atoms with Crippen LogP contribution in [0.25, 0.3) is 0 Å². The van der Waals surface area contributed by atoms with E-state index in [0.29, 0.717) is 18.9 Å². The van der Waals surface area contributed by atoms with E-state index in [1.54, 1.807) is 0 Å².